The minimum absolute atomic E-state index is 0.208. The van der Waals surface area contributed by atoms with Gasteiger partial charge in [0.05, 0.1) is 18.8 Å². The summed E-state index contributed by atoms with van der Waals surface area (Å²) in [4.78, 5) is 22.9. The van der Waals surface area contributed by atoms with E-state index >= 15 is 0 Å². The summed E-state index contributed by atoms with van der Waals surface area (Å²) in [5.41, 5.74) is 4.68. The molecule has 1 amide bonds. The molecule has 4 aromatic rings. The number of aryl methyl sites for hydroxylation is 1. The van der Waals surface area contributed by atoms with Gasteiger partial charge >= 0.3 is 6.03 Å². The van der Waals surface area contributed by atoms with Gasteiger partial charge < -0.3 is 14.5 Å². The van der Waals surface area contributed by atoms with Gasteiger partial charge in [-0.1, -0.05) is 23.0 Å². The molecule has 0 radical (unpaired) electrons. The van der Waals surface area contributed by atoms with Crippen LogP contribution in [0.5, 0.6) is 5.75 Å². The van der Waals surface area contributed by atoms with Crippen LogP contribution in [0.15, 0.2) is 60.8 Å². The number of ether oxygens (including phenoxy) is 1. The number of anilines is 1. The molecule has 0 unspecified atom stereocenters. The Morgan fingerprint density at radius 3 is 2.50 bits per heavy atom. The summed E-state index contributed by atoms with van der Waals surface area (Å²) in [5, 5.41) is 9.73. The maximum atomic E-state index is 13.0. The van der Waals surface area contributed by atoms with Crippen LogP contribution in [0.1, 0.15) is 5.69 Å². The number of benzene rings is 2. The number of methoxy groups -OCH3 is 1. The van der Waals surface area contributed by atoms with Gasteiger partial charge in [0.1, 0.15) is 11.4 Å². The summed E-state index contributed by atoms with van der Waals surface area (Å²) in [6, 6.07) is 17.6. The quantitative estimate of drug-likeness (QED) is 0.496. The second-order valence-corrected chi connectivity index (χ2v) is 7.80. The van der Waals surface area contributed by atoms with Gasteiger partial charge in [0, 0.05) is 48.5 Å². The SMILES string of the molecule is COc1ccc(-c2cnn(C(=O)N3CCN(c4cc(C)nc5ccccc45)CC3)n2)cc1. The number of carbonyl (C=O) groups excluding carboxylic acids is 1. The number of pyridine rings is 1. The van der Waals surface area contributed by atoms with Gasteiger partial charge in [-0.15, -0.1) is 5.10 Å². The zero-order valence-corrected chi connectivity index (χ0v) is 18.1. The first-order valence-corrected chi connectivity index (χ1v) is 10.6. The van der Waals surface area contributed by atoms with Crippen LogP contribution in [0.25, 0.3) is 22.2 Å². The van der Waals surface area contributed by atoms with Crippen LogP contribution >= 0.6 is 0 Å². The highest BCUT2D eigenvalue weighted by atomic mass is 16.5. The van der Waals surface area contributed by atoms with Gasteiger partial charge in [-0.2, -0.15) is 5.10 Å². The largest absolute Gasteiger partial charge is 0.497 e. The molecule has 0 bridgehead atoms. The van der Waals surface area contributed by atoms with E-state index in [4.69, 9.17) is 4.74 Å². The van der Waals surface area contributed by atoms with Gasteiger partial charge in [0.25, 0.3) is 0 Å². The zero-order chi connectivity index (χ0) is 22.1. The van der Waals surface area contributed by atoms with E-state index in [0.29, 0.717) is 18.8 Å². The molecule has 0 aliphatic carbocycles. The Morgan fingerprint density at radius 2 is 1.75 bits per heavy atom. The number of para-hydroxylation sites is 1. The summed E-state index contributed by atoms with van der Waals surface area (Å²) in [6.45, 7) is 4.71. The molecule has 32 heavy (non-hydrogen) atoms. The van der Waals surface area contributed by atoms with Crippen LogP contribution in [-0.4, -0.2) is 64.2 Å². The van der Waals surface area contributed by atoms with Crippen LogP contribution in [0, 0.1) is 6.92 Å². The minimum Gasteiger partial charge on any atom is -0.497 e. The van der Waals surface area contributed by atoms with Gasteiger partial charge in [-0.25, -0.2) is 4.79 Å². The molecule has 1 fully saturated rings. The van der Waals surface area contributed by atoms with Crippen molar-refractivity contribution in [1.82, 2.24) is 24.9 Å². The third-order valence-corrected chi connectivity index (χ3v) is 5.76. The highest BCUT2D eigenvalue weighted by molar-refractivity contribution is 5.92. The monoisotopic (exact) mass is 428 g/mol. The van der Waals surface area contributed by atoms with Gasteiger partial charge in [0.2, 0.25) is 0 Å². The molecule has 162 valence electrons. The van der Waals surface area contributed by atoms with Crippen LogP contribution in [0.3, 0.4) is 0 Å². The standard InChI is InChI=1S/C24H24N6O2/c1-17-15-23(20-5-3-4-6-21(20)26-17)28-11-13-29(14-12-28)24(31)30-25-16-22(27-30)18-7-9-19(32-2)10-8-18/h3-10,15-16H,11-14H2,1-2H3. The van der Waals surface area contributed by atoms with Crippen molar-refractivity contribution in [3.05, 3.63) is 66.5 Å². The average Bonchev–Trinajstić information content (AvgIpc) is 3.33. The van der Waals surface area contributed by atoms with E-state index in [1.165, 1.54) is 10.5 Å². The number of nitrogens with zero attached hydrogens (tertiary/aromatic N) is 6. The third-order valence-electron chi connectivity index (χ3n) is 5.76. The van der Waals surface area contributed by atoms with Crippen molar-refractivity contribution in [2.24, 2.45) is 0 Å². The van der Waals surface area contributed by atoms with E-state index in [0.717, 1.165) is 41.0 Å². The highest BCUT2D eigenvalue weighted by Crippen LogP contribution is 2.27. The second kappa shape index (κ2) is 8.30. The fourth-order valence-corrected chi connectivity index (χ4v) is 4.06. The summed E-state index contributed by atoms with van der Waals surface area (Å²) in [7, 11) is 1.63. The lowest BCUT2D eigenvalue weighted by Crippen LogP contribution is -2.50. The van der Waals surface area contributed by atoms with Crippen molar-refractivity contribution in [3.8, 4) is 17.0 Å². The van der Waals surface area contributed by atoms with E-state index in [2.05, 4.69) is 32.2 Å². The Kier molecular flexibility index (Phi) is 5.18. The lowest BCUT2D eigenvalue weighted by atomic mass is 10.1. The lowest BCUT2D eigenvalue weighted by molar-refractivity contribution is 0.189. The molecule has 0 atom stereocenters. The maximum Gasteiger partial charge on any atom is 0.362 e. The van der Waals surface area contributed by atoms with Crippen molar-refractivity contribution < 1.29 is 9.53 Å². The smallest absolute Gasteiger partial charge is 0.362 e. The second-order valence-electron chi connectivity index (χ2n) is 7.80. The molecule has 1 aliphatic rings. The topological polar surface area (TPSA) is 76.4 Å². The number of hydrogen-bond donors (Lipinski definition) is 0. The molecule has 1 aliphatic heterocycles. The summed E-state index contributed by atoms with van der Waals surface area (Å²) < 4.78 is 5.19. The van der Waals surface area contributed by atoms with E-state index in [9.17, 15) is 4.79 Å². The third kappa shape index (κ3) is 3.75. The summed E-state index contributed by atoms with van der Waals surface area (Å²) in [5.74, 6) is 0.771. The van der Waals surface area contributed by atoms with Crippen LogP contribution in [0.2, 0.25) is 0 Å². The highest BCUT2D eigenvalue weighted by Gasteiger charge is 2.25. The Bertz CT molecular complexity index is 1260. The average molecular weight is 428 g/mol. The molecule has 1 saturated heterocycles. The van der Waals surface area contributed by atoms with E-state index in [-0.39, 0.29) is 6.03 Å². The van der Waals surface area contributed by atoms with Crippen molar-refractivity contribution in [3.63, 3.8) is 0 Å². The van der Waals surface area contributed by atoms with Crippen molar-refractivity contribution >= 4 is 22.6 Å². The molecular formula is C24H24N6O2. The number of carbonyl (C=O) groups is 1. The van der Waals surface area contributed by atoms with Gasteiger partial charge in [-0.05, 0) is 43.3 Å². The fraction of sp³-hybridized carbons (Fsp3) is 0.250. The number of aromatic nitrogens is 4. The normalized spacial score (nSPS) is 14.1. The van der Waals surface area contributed by atoms with Crippen LogP contribution < -0.4 is 9.64 Å². The molecule has 5 rings (SSSR count). The predicted molar refractivity (Wildman–Crippen MR) is 123 cm³/mol. The van der Waals surface area contributed by atoms with Crippen molar-refractivity contribution in [2.45, 2.75) is 6.92 Å². The fourth-order valence-electron chi connectivity index (χ4n) is 4.06. The zero-order valence-electron chi connectivity index (χ0n) is 18.1. The molecule has 0 spiro atoms. The first-order valence-electron chi connectivity index (χ1n) is 10.6. The maximum absolute atomic E-state index is 13.0. The van der Waals surface area contributed by atoms with E-state index < -0.39 is 0 Å². The summed E-state index contributed by atoms with van der Waals surface area (Å²) in [6.07, 6.45) is 1.61. The molecule has 8 nitrogen and oxygen atoms in total. The number of amides is 1. The van der Waals surface area contributed by atoms with Crippen molar-refractivity contribution in [2.75, 3.05) is 38.2 Å². The molecule has 0 N–H and O–H groups in total. The van der Waals surface area contributed by atoms with E-state index in [1.54, 1.807) is 18.2 Å². The lowest BCUT2D eigenvalue weighted by Gasteiger charge is -2.36. The van der Waals surface area contributed by atoms with Crippen LogP contribution in [-0.2, 0) is 0 Å². The van der Waals surface area contributed by atoms with Crippen LogP contribution in [0.4, 0.5) is 10.5 Å². The molecular weight excluding hydrogens is 404 g/mol. The van der Waals surface area contributed by atoms with Gasteiger partial charge in [0.15, 0.2) is 0 Å². The number of piperazine rings is 1. The Morgan fingerprint density at radius 1 is 1.00 bits per heavy atom. The molecule has 2 aromatic carbocycles. The van der Waals surface area contributed by atoms with Crippen molar-refractivity contribution in [1.29, 1.82) is 0 Å². The summed E-state index contributed by atoms with van der Waals surface area (Å²) >= 11 is 0. The van der Waals surface area contributed by atoms with Gasteiger partial charge in [-0.3, -0.25) is 4.98 Å². The minimum atomic E-state index is -0.208. The van der Waals surface area contributed by atoms with E-state index in [1.807, 2.05) is 49.4 Å². The number of fused-ring (bicyclic) bond motifs is 1. The number of rotatable bonds is 3. The first kappa shape index (κ1) is 20.0. The Hall–Kier alpha value is -3.94. The Labute approximate surface area is 186 Å². The molecule has 2 aromatic heterocycles. The Balaban J connectivity index is 1.29. The molecule has 0 saturated carbocycles. The molecule has 3 heterocycles. The number of hydrogen-bond acceptors (Lipinski definition) is 6. The molecule has 8 heteroatoms. The first-order chi connectivity index (χ1) is 15.6. The predicted octanol–water partition coefficient (Wildman–Crippen LogP) is 3.60.